The molecule has 0 aliphatic heterocycles. The van der Waals surface area contributed by atoms with Gasteiger partial charge in [-0.2, -0.15) is 0 Å². The molecule has 80 valence electrons. The molecule has 0 fully saturated rings. The highest BCUT2D eigenvalue weighted by Crippen LogP contribution is 2.12. The first-order valence-corrected chi connectivity index (χ1v) is 5.43. The molecule has 0 aromatic heterocycles. The Balaban J connectivity index is 2.48. The molecule has 0 saturated carbocycles. The van der Waals surface area contributed by atoms with Gasteiger partial charge in [0.2, 0.25) is 5.91 Å². The van der Waals surface area contributed by atoms with Crippen molar-refractivity contribution in [3.05, 3.63) is 27.8 Å². The Morgan fingerprint density at radius 3 is 2.67 bits per heavy atom. The van der Waals surface area contributed by atoms with Crippen LogP contribution in [0.5, 0.6) is 0 Å². The van der Waals surface area contributed by atoms with Crippen LogP contribution in [0.3, 0.4) is 0 Å². The number of aliphatic carboxylic acids is 1. The Hall–Kier alpha value is -1.11. The summed E-state index contributed by atoms with van der Waals surface area (Å²) in [5.74, 6) is -1.24. The van der Waals surface area contributed by atoms with Gasteiger partial charge in [-0.1, -0.05) is 6.07 Å². The maximum absolute atomic E-state index is 11.3. The number of nitrogens with one attached hydrogen (secondary N) is 1. The molecule has 1 aromatic carbocycles. The van der Waals surface area contributed by atoms with E-state index >= 15 is 0 Å². The predicted molar refractivity (Wildman–Crippen MR) is 64.7 cm³/mol. The van der Waals surface area contributed by atoms with E-state index in [1.54, 1.807) is 6.07 Å². The van der Waals surface area contributed by atoms with Gasteiger partial charge >= 0.3 is 5.97 Å². The molecule has 0 aliphatic rings. The predicted octanol–water partition coefficient (Wildman–Crippen LogP) is 2.09. The van der Waals surface area contributed by atoms with Crippen molar-refractivity contribution in [2.75, 3.05) is 5.32 Å². The van der Waals surface area contributed by atoms with E-state index in [1.165, 1.54) is 0 Å². The summed E-state index contributed by atoms with van der Waals surface area (Å²) in [6.07, 6.45) is -0.142. The number of carbonyl (C=O) groups is 2. The van der Waals surface area contributed by atoms with Crippen molar-refractivity contribution < 1.29 is 14.7 Å². The molecule has 0 bridgehead atoms. The van der Waals surface area contributed by atoms with Gasteiger partial charge in [-0.25, -0.2) is 0 Å². The van der Waals surface area contributed by atoms with Gasteiger partial charge in [0.1, 0.15) is 0 Å². The van der Waals surface area contributed by atoms with Crippen LogP contribution < -0.4 is 5.32 Å². The molecule has 0 radical (unpaired) electrons. The third-order valence-electron chi connectivity index (χ3n) is 1.67. The minimum atomic E-state index is -0.965. The van der Waals surface area contributed by atoms with Gasteiger partial charge < -0.3 is 10.4 Å². The molecule has 0 unspecified atom stereocenters. The Morgan fingerprint density at radius 2 is 2.07 bits per heavy atom. The highest BCUT2D eigenvalue weighted by atomic mass is 127. The summed E-state index contributed by atoms with van der Waals surface area (Å²) in [6.45, 7) is 0. The largest absolute Gasteiger partial charge is 0.481 e. The molecule has 1 amide bonds. The molecule has 1 aromatic rings. The van der Waals surface area contributed by atoms with Crippen LogP contribution in [0.1, 0.15) is 12.8 Å². The molecule has 1 rings (SSSR count). The van der Waals surface area contributed by atoms with Gasteiger partial charge in [0.25, 0.3) is 0 Å². The summed E-state index contributed by atoms with van der Waals surface area (Å²) in [4.78, 5) is 21.5. The summed E-state index contributed by atoms with van der Waals surface area (Å²) >= 11 is 2.14. The van der Waals surface area contributed by atoms with E-state index < -0.39 is 5.97 Å². The van der Waals surface area contributed by atoms with Gasteiger partial charge in [0, 0.05) is 15.7 Å². The second-order valence-electron chi connectivity index (χ2n) is 2.95. The minimum Gasteiger partial charge on any atom is -0.481 e. The lowest BCUT2D eigenvalue weighted by Crippen LogP contribution is -2.13. The first kappa shape index (κ1) is 12.0. The van der Waals surface area contributed by atoms with Crippen LogP contribution in [0.25, 0.3) is 0 Å². The van der Waals surface area contributed by atoms with Crippen LogP contribution in [0, 0.1) is 3.57 Å². The van der Waals surface area contributed by atoms with E-state index in [4.69, 9.17) is 5.11 Å². The van der Waals surface area contributed by atoms with E-state index in [-0.39, 0.29) is 18.7 Å². The highest BCUT2D eigenvalue weighted by Gasteiger charge is 2.05. The number of hydrogen-bond donors (Lipinski definition) is 2. The summed E-state index contributed by atoms with van der Waals surface area (Å²) in [5, 5.41) is 11.0. The van der Waals surface area contributed by atoms with Crippen LogP contribution in [0.2, 0.25) is 0 Å². The van der Waals surface area contributed by atoms with Gasteiger partial charge in [0.15, 0.2) is 0 Å². The SMILES string of the molecule is O=C(O)CCC(=O)Nc1cccc(I)c1. The maximum atomic E-state index is 11.3. The number of rotatable bonds is 4. The average Bonchev–Trinajstić information content (AvgIpc) is 2.15. The monoisotopic (exact) mass is 319 g/mol. The van der Waals surface area contributed by atoms with Gasteiger partial charge in [-0.3, -0.25) is 9.59 Å². The average molecular weight is 319 g/mol. The number of carboxylic acids is 1. The van der Waals surface area contributed by atoms with E-state index in [0.29, 0.717) is 5.69 Å². The lowest BCUT2D eigenvalue weighted by molar-refractivity contribution is -0.138. The quantitative estimate of drug-likeness (QED) is 0.835. The number of hydrogen-bond acceptors (Lipinski definition) is 2. The standard InChI is InChI=1S/C10H10INO3/c11-7-2-1-3-8(6-7)12-9(13)4-5-10(14)15/h1-3,6H,4-5H2,(H,12,13)(H,14,15). The molecule has 0 atom stereocenters. The van der Waals surface area contributed by atoms with Crippen molar-refractivity contribution in [1.82, 2.24) is 0 Å². The zero-order valence-electron chi connectivity index (χ0n) is 7.87. The summed E-state index contributed by atoms with van der Waals surface area (Å²) in [5.41, 5.74) is 0.692. The fraction of sp³-hybridized carbons (Fsp3) is 0.200. The van der Waals surface area contributed by atoms with Crippen LogP contribution in [-0.4, -0.2) is 17.0 Å². The first-order valence-electron chi connectivity index (χ1n) is 4.35. The minimum absolute atomic E-state index is 0.000800. The molecule has 0 saturated heterocycles. The Labute approximate surface area is 101 Å². The second-order valence-corrected chi connectivity index (χ2v) is 4.20. The van der Waals surface area contributed by atoms with Crippen LogP contribution >= 0.6 is 22.6 Å². The number of carbonyl (C=O) groups excluding carboxylic acids is 1. The lowest BCUT2D eigenvalue weighted by Gasteiger charge is -2.03. The third-order valence-corrected chi connectivity index (χ3v) is 2.35. The molecule has 0 heterocycles. The number of halogens is 1. The van der Waals surface area contributed by atoms with Crippen molar-refractivity contribution in [3.8, 4) is 0 Å². The Bertz CT molecular complexity index is 379. The fourth-order valence-electron chi connectivity index (χ4n) is 1.01. The van der Waals surface area contributed by atoms with Gasteiger partial charge in [0.05, 0.1) is 6.42 Å². The van der Waals surface area contributed by atoms with Crippen molar-refractivity contribution in [1.29, 1.82) is 0 Å². The first-order chi connectivity index (χ1) is 7.08. The highest BCUT2D eigenvalue weighted by molar-refractivity contribution is 14.1. The normalized spacial score (nSPS) is 9.67. The zero-order valence-corrected chi connectivity index (χ0v) is 10.0. The topological polar surface area (TPSA) is 66.4 Å². The fourth-order valence-corrected chi connectivity index (χ4v) is 1.55. The number of benzene rings is 1. The molecular weight excluding hydrogens is 309 g/mol. The van der Waals surface area contributed by atoms with Crippen molar-refractivity contribution in [3.63, 3.8) is 0 Å². The molecule has 4 nitrogen and oxygen atoms in total. The number of carboxylic acid groups (broad SMARTS) is 1. The molecule has 15 heavy (non-hydrogen) atoms. The van der Waals surface area contributed by atoms with E-state index in [9.17, 15) is 9.59 Å². The van der Waals surface area contributed by atoms with Gasteiger partial charge in [-0.05, 0) is 40.8 Å². The zero-order chi connectivity index (χ0) is 11.3. The van der Waals surface area contributed by atoms with E-state index in [2.05, 4.69) is 27.9 Å². The summed E-state index contributed by atoms with van der Waals surface area (Å²) in [7, 11) is 0. The number of anilines is 1. The third kappa shape index (κ3) is 4.78. The molecule has 0 aliphatic carbocycles. The molecule has 2 N–H and O–H groups in total. The Kier molecular flexibility index (Phi) is 4.54. The van der Waals surface area contributed by atoms with Crippen molar-refractivity contribution in [2.45, 2.75) is 12.8 Å². The molecule has 5 heteroatoms. The summed E-state index contributed by atoms with van der Waals surface area (Å²) in [6, 6.07) is 7.32. The van der Waals surface area contributed by atoms with Crippen LogP contribution in [0.4, 0.5) is 5.69 Å². The smallest absolute Gasteiger partial charge is 0.303 e. The van der Waals surface area contributed by atoms with Crippen LogP contribution in [-0.2, 0) is 9.59 Å². The summed E-state index contributed by atoms with van der Waals surface area (Å²) < 4.78 is 1.02. The lowest BCUT2D eigenvalue weighted by atomic mass is 10.2. The van der Waals surface area contributed by atoms with Crippen molar-refractivity contribution in [2.24, 2.45) is 0 Å². The Morgan fingerprint density at radius 1 is 1.33 bits per heavy atom. The van der Waals surface area contributed by atoms with Crippen molar-refractivity contribution >= 4 is 40.2 Å². The number of amides is 1. The van der Waals surface area contributed by atoms with E-state index in [1.807, 2.05) is 18.2 Å². The molecule has 0 spiro atoms. The maximum Gasteiger partial charge on any atom is 0.303 e. The second kappa shape index (κ2) is 5.69. The van der Waals surface area contributed by atoms with Crippen LogP contribution in [0.15, 0.2) is 24.3 Å². The van der Waals surface area contributed by atoms with E-state index in [0.717, 1.165) is 3.57 Å². The van der Waals surface area contributed by atoms with Gasteiger partial charge in [-0.15, -0.1) is 0 Å². The molecular formula is C10H10INO3.